The van der Waals surface area contributed by atoms with E-state index in [1.807, 2.05) is 37.4 Å². The maximum absolute atomic E-state index is 11.7. The Kier molecular flexibility index (Phi) is 5.05. The first-order chi connectivity index (χ1) is 11.7. The number of nitrogens with zero attached hydrogens (tertiary/aromatic N) is 3. The molecule has 0 bridgehead atoms. The quantitative estimate of drug-likeness (QED) is 0.883. The molecule has 1 aliphatic rings. The van der Waals surface area contributed by atoms with Gasteiger partial charge in [-0.05, 0) is 56.1 Å². The predicted molar refractivity (Wildman–Crippen MR) is 94.1 cm³/mol. The summed E-state index contributed by atoms with van der Waals surface area (Å²) in [5.41, 5.74) is 2.14. The molecule has 0 radical (unpaired) electrons. The third kappa shape index (κ3) is 3.89. The van der Waals surface area contributed by atoms with E-state index in [9.17, 15) is 4.79 Å². The van der Waals surface area contributed by atoms with Crippen molar-refractivity contribution in [2.24, 2.45) is 0 Å². The third-order valence-corrected chi connectivity index (χ3v) is 4.30. The molecule has 1 unspecified atom stereocenters. The maximum Gasteiger partial charge on any atom is 0.233 e. The Morgan fingerprint density at radius 1 is 1.33 bits per heavy atom. The minimum atomic E-state index is 0.0539. The Morgan fingerprint density at radius 3 is 3.00 bits per heavy atom. The fourth-order valence-electron chi connectivity index (χ4n) is 3.12. The highest BCUT2D eigenvalue weighted by atomic mass is 16.1. The lowest BCUT2D eigenvalue weighted by molar-refractivity contribution is -0.122. The van der Waals surface area contributed by atoms with Crippen molar-refractivity contribution >= 4 is 17.5 Å². The molecule has 24 heavy (non-hydrogen) atoms. The highest BCUT2D eigenvalue weighted by molar-refractivity contribution is 5.77. The summed E-state index contributed by atoms with van der Waals surface area (Å²) in [7, 11) is 1.68. The first kappa shape index (κ1) is 16.4. The van der Waals surface area contributed by atoms with Crippen molar-refractivity contribution < 1.29 is 4.79 Å². The van der Waals surface area contributed by atoms with Gasteiger partial charge in [0.05, 0.1) is 6.54 Å². The Labute approximate surface area is 142 Å². The van der Waals surface area contributed by atoms with E-state index in [4.69, 9.17) is 0 Å². The SMILES string of the molecule is CNC(=O)CN1CCCC1c1ccnc(Nc2cccc(C)n2)c1. The molecule has 1 saturated heterocycles. The summed E-state index contributed by atoms with van der Waals surface area (Å²) in [6.45, 7) is 3.35. The third-order valence-electron chi connectivity index (χ3n) is 4.30. The normalized spacial score (nSPS) is 17.7. The molecule has 6 heteroatoms. The molecular formula is C18H23N5O. The van der Waals surface area contributed by atoms with Crippen LogP contribution in [-0.2, 0) is 4.79 Å². The Hall–Kier alpha value is -2.47. The van der Waals surface area contributed by atoms with Crippen molar-refractivity contribution in [3.8, 4) is 0 Å². The number of likely N-dealkylation sites (N-methyl/N-ethyl adjacent to an activating group) is 1. The van der Waals surface area contributed by atoms with Crippen molar-refractivity contribution in [2.45, 2.75) is 25.8 Å². The smallest absolute Gasteiger partial charge is 0.233 e. The van der Waals surface area contributed by atoms with Crippen molar-refractivity contribution in [3.63, 3.8) is 0 Å². The summed E-state index contributed by atoms with van der Waals surface area (Å²) < 4.78 is 0. The van der Waals surface area contributed by atoms with Crippen LogP contribution in [0.1, 0.15) is 30.1 Å². The van der Waals surface area contributed by atoms with Crippen LogP contribution in [-0.4, -0.2) is 40.9 Å². The number of hydrogen-bond acceptors (Lipinski definition) is 5. The Bertz CT molecular complexity index is 718. The van der Waals surface area contributed by atoms with Gasteiger partial charge in [0, 0.05) is 25.0 Å². The van der Waals surface area contributed by atoms with Gasteiger partial charge in [-0.15, -0.1) is 0 Å². The van der Waals surface area contributed by atoms with E-state index in [-0.39, 0.29) is 11.9 Å². The molecule has 0 aromatic carbocycles. The van der Waals surface area contributed by atoms with Crippen molar-refractivity contribution in [1.82, 2.24) is 20.2 Å². The highest BCUT2D eigenvalue weighted by Crippen LogP contribution is 2.32. The van der Waals surface area contributed by atoms with Crippen LogP contribution in [0.3, 0.4) is 0 Å². The molecule has 0 spiro atoms. The topological polar surface area (TPSA) is 70.2 Å². The van der Waals surface area contributed by atoms with Gasteiger partial charge in [-0.25, -0.2) is 9.97 Å². The second-order valence-corrected chi connectivity index (χ2v) is 6.07. The summed E-state index contributed by atoms with van der Waals surface area (Å²) in [5, 5.41) is 5.95. The van der Waals surface area contributed by atoms with Gasteiger partial charge in [-0.2, -0.15) is 0 Å². The number of carbonyl (C=O) groups excluding carboxylic acids is 1. The zero-order valence-corrected chi connectivity index (χ0v) is 14.1. The molecular weight excluding hydrogens is 302 g/mol. The van der Waals surface area contributed by atoms with Crippen LogP contribution in [0, 0.1) is 6.92 Å². The molecule has 2 aromatic rings. The average Bonchev–Trinajstić information content (AvgIpc) is 3.03. The molecule has 0 aliphatic carbocycles. The number of aromatic nitrogens is 2. The lowest BCUT2D eigenvalue weighted by Crippen LogP contribution is -2.35. The van der Waals surface area contributed by atoms with Crippen molar-refractivity contribution in [3.05, 3.63) is 47.8 Å². The van der Waals surface area contributed by atoms with Gasteiger partial charge >= 0.3 is 0 Å². The first-order valence-corrected chi connectivity index (χ1v) is 8.27. The largest absolute Gasteiger partial charge is 0.358 e. The standard InChI is InChI=1S/C18H23N5O/c1-13-5-3-7-16(21-13)22-17-11-14(8-9-20-17)15-6-4-10-23(15)12-18(24)19-2/h3,5,7-9,11,15H,4,6,10,12H2,1-2H3,(H,19,24)(H,20,21,22). The fourth-order valence-corrected chi connectivity index (χ4v) is 3.12. The number of pyridine rings is 2. The van der Waals surface area contributed by atoms with E-state index in [0.717, 1.165) is 36.7 Å². The van der Waals surface area contributed by atoms with Gasteiger partial charge in [-0.1, -0.05) is 6.07 Å². The number of rotatable bonds is 5. The monoisotopic (exact) mass is 325 g/mol. The molecule has 1 amide bonds. The van der Waals surface area contributed by atoms with Gasteiger partial charge in [0.2, 0.25) is 5.91 Å². The van der Waals surface area contributed by atoms with Gasteiger partial charge in [0.1, 0.15) is 11.6 Å². The lowest BCUT2D eigenvalue weighted by Gasteiger charge is -2.24. The average molecular weight is 325 g/mol. The van der Waals surface area contributed by atoms with E-state index in [2.05, 4.69) is 31.6 Å². The van der Waals surface area contributed by atoms with Gasteiger partial charge in [-0.3, -0.25) is 9.69 Å². The predicted octanol–water partition coefficient (Wildman–Crippen LogP) is 2.41. The summed E-state index contributed by atoms with van der Waals surface area (Å²) >= 11 is 0. The van der Waals surface area contributed by atoms with E-state index in [0.29, 0.717) is 6.54 Å². The van der Waals surface area contributed by atoms with Crippen LogP contribution < -0.4 is 10.6 Å². The molecule has 0 saturated carbocycles. The molecule has 2 N–H and O–H groups in total. The summed E-state index contributed by atoms with van der Waals surface area (Å²) in [6, 6.07) is 10.2. The zero-order chi connectivity index (χ0) is 16.9. The van der Waals surface area contributed by atoms with Gasteiger partial charge in [0.15, 0.2) is 0 Å². The van der Waals surface area contributed by atoms with Crippen LogP contribution in [0.5, 0.6) is 0 Å². The molecule has 3 heterocycles. The van der Waals surface area contributed by atoms with Crippen LogP contribution in [0.2, 0.25) is 0 Å². The zero-order valence-electron chi connectivity index (χ0n) is 14.1. The molecule has 1 atom stereocenters. The second-order valence-electron chi connectivity index (χ2n) is 6.07. The number of hydrogen-bond donors (Lipinski definition) is 2. The highest BCUT2D eigenvalue weighted by Gasteiger charge is 2.27. The summed E-state index contributed by atoms with van der Waals surface area (Å²) in [5.74, 6) is 1.61. The van der Waals surface area contributed by atoms with E-state index in [1.165, 1.54) is 5.56 Å². The molecule has 2 aromatic heterocycles. The number of likely N-dealkylation sites (tertiary alicyclic amines) is 1. The maximum atomic E-state index is 11.7. The fraction of sp³-hybridized carbons (Fsp3) is 0.389. The second kappa shape index (κ2) is 7.40. The molecule has 6 nitrogen and oxygen atoms in total. The summed E-state index contributed by atoms with van der Waals surface area (Å²) in [4.78, 5) is 22.8. The van der Waals surface area contributed by atoms with E-state index >= 15 is 0 Å². The Morgan fingerprint density at radius 2 is 2.21 bits per heavy atom. The lowest BCUT2D eigenvalue weighted by atomic mass is 10.1. The van der Waals surface area contributed by atoms with Crippen LogP contribution in [0.4, 0.5) is 11.6 Å². The van der Waals surface area contributed by atoms with Crippen LogP contribution in [0.25, 0.3) is 0 Å². The Balaban J connectivity index is 1.76. The number of nitrogens with one attached hydrogen (secondary N) is 2. The van der Waals surface area contributed by atoms with Crippen molar-refractivity contribution in [2.75, 3.05) is 25.5 Å². The minimum Gasteiger partial charge on any atom is -0.358 e. The molecule has 1 fully saturated rings. The molecule has 126 valence electrons. The first-order valence-electron chi connectivity index (χ1n) is 8.27. The van der Waals surface area contributed by atoms with Gasteiger partial charge < -0.3 is 10.6 Å². The van der Waals surface area contributed by atoms with Crippen LogP contribution >= 0.6 is 0 Å². The van der Waals surface area contributed by atoms with E-state index < -0.39 is 0 Å². The van der Waals surface area contributed by atoms with Gasteiger partial charge in [0.25, 0.3) is 0 Å². The number of aryl methyl sites for hydroxylation is 1. The number of anilines is 2. The number of amides is 1. The van der Waals surface area contributed by atoms with Crippen LogP contribution in [0.15, 0.2) is 36.5 Å². The number of carbonyl (C=O) groups is 1. The minimum absolute atomic E-state index is 0.0539. The molecule has 3 rings (SSSR count). The van der Waals surface area contributed by atoms with E-state index in [1.54, 1.807) is 7.05 Å². The summed E-state index contributed by atoms with van der Waals surface area (Å²) in [6.07, 6.45) is 3.97. The molecule has 1 aliphatic heterocycles. The van der Waals surface area contributed by atoms with Crippen molar-refractivity contribution in [1.29, 1.82) is 0 Å².